The van der Waals surface area contributed by atoms with Crippen molar-refractivity contribution < 1.29 is 13.3 Å². The zero-order chi connectivity index (χ0) is 13.1. The van der Waals surface area contributed by atoms with E-state index < -0.39 is 20.6 Å². The molecule has 6 nitrogen and oxygen atoms in total. The van der Waals surface area contributed by atoms with E-state index >= 15 is 0 Å². The zero-order valence-corrected chi connectivity index (χ0v) is 10.0. The lowest BCUT2D eigenvalue weighted by Crippen LogP contribution is -2.24. The molecule has 0 radical (unpaired) electrons. The molecule has 0 saturated carbocycles. The van der Waals surface area contributed by atoms with Gasteiger partial charge in [0.05, 0.1) is 4.92 Å². The van der Waals surface area contributed by atoms with Crippen LogP contribution in [0.3, 0.4) is 0 Å². The Balaban J connectivity index is 3.30. The second-order valence-electron chi connectivity index (χ2n) is 3.37. The highest BCUT2D eigenvalue weighted by atomic mass is 32.2. The summed E-state index contributed by atoms with van der Waals surface area (Å²) < 4.78 is 25.7. The zero-order valence-electron chi connectivity index (χ0n) is 9.21. The molecule has 0 amide bonds. The number of hydrogen-bond acceptors (Lipinski definition) is 4. The van der Waals surface area contributed by atoms with Gasteiger partial charge in [0.1, 0.15) is 0 Å². The first-order valence-electron chi connectivity index (χ1n) is 4.74. The van der Waals surface area contributed by atoms with Gasteiger partial charge in [0.25, 0.3) is 5.69 Å². The molecule has 7 heteroatoms. The van der Waals surface area contributed by atoms with E-state index in [1.54, 1.807) is 6.92 Å². The Morgan fingerprint density at radius 2 is 2.18 bits per heavy atom. The molecule has 0 spiro atoms. The van der Waals surface area contributed by atoms with Crippen molar-refractivity contribution in [2.75, 3.05) is 6.54 Å². The Bertz CT molecular complexity index is 551. The summed E-state index contributed by atoms with van der Waals surface area (Å²) in [6.07, 6.45) is 1.36. The fourth-order valence-corrected chi connectivity index (χ4v) is 2.39. The van der Waals surface area contributed by atoms with Gasteiger partial charge in [-0.05, 0) is 18.6 Å². The van der Waals surface area contributed by atoms with Gasteiger partial charge in [-0.25, -0.2) is 13.1 Å². The van der Waals surface area contributed by atoms with Gasteiger partial charge in [-0.15, -0.1) is 6.58 Å². The molecule has 0 unspecified atom stereocenters. The normalized spacial score (nSPS) is 11.1. The van der Waals surface area contributed by atoms with E-state index in [0.717, 1.165) is 0 Å². The number of nitro benzene ring substituents is 1. The monoisotopic (exact) mass is 256 g/mol. The Morgan fingerprint density at radius 1 is 1.53 bits per heavy atom. The maximum Gasteiger partial charge on any atom is 0.289 e. The third-order valence-corrected chi connectivity index (χ3v) is 3.49. The molecule has 0 aromatic heterocycles. The van der Waals surface area contributed by atoms with Crippen LogP contribution in [0.25, 0.3) is 0 Å². The van der Waals surface area contributed by atoms with Crippen molar-refractivity contribution in [2.45, 2.75) is 11.8 Å². The van der Waals surface area contributed by atoms with E-state index in [1.807, 2.05) is 0 Å². The second kappa shape index (κ2) is 5.07. The van der Waals surface area contributed by atoms with Crippen molar-refractivity contribution in [3.8, 4) is 0 Å². The van der Waals surface area contributed by atoms with Crippen LogP contribution in [0.4, 0.5) is 5.69 Å². The molecular formula is C10H12N2O4S. The molecule has 1 aromatic rings. The smallest absolute Gasteiger partial charge is 0.258 e. The number of nitrogens with zero attached hydrogens (tertiary/aromatic N) is 1. The molecule has 1 aromatic carbocycles. The first-order chi connectivity index (χ1) is 7.88. The molecule has 92 valence electrons. The molecular weight excluding hydrogens is 244 g/mol. The maximum absolute atomic E-state index is 11.8. The molecule has 1 rings (SSSR count). The topological polar surface area (TPSA) is 89.3 Å². The predicted molar refractivity (Wildman–Crippen MR) is 63.2 cm³/mol. The molecule has 0 saturated heterocycles. The lowest BCUT2D eigenvalue weighted by atomic mass is 10.2. The molecule has 0 bridgehead atoms. The van der Waals surface area contributed by atoms with Gasteiger partial charge >= 0.3 is 0 Å². The molecule has 17 heavy (non-hydrogen) atoms. The average Bonchev–Trinajstić information content (AvgIpc) is 2.26. The van der Waals surface area contributed by atoms with Gasteiger partial charge < -0.3 is 0 Å². The van der Waals surface area contributed by atoms with Crippen molar-refractivity contribution in [3.05, 3.63) is 46.5 Å². The summed E-state index contributed by atoms with van der Waals surface area (Å²) in [5.74, 6) is 0. The van der Waals surface area contributed by atoms with E-state index in [4.69, 9.17) is 0 Å². The highest BCUT2D eigenvalue weighted by molar-refractivity contribution is 7.89. The van der Waals surface area contributed by atoms with Gasteiger partial charge in [-0.1, -0.05) is 12.1 Å². The summed E-state index contributed by atoms with van der Waals surface area (Å²) in [6.45, 7) is 5.04. The minimum Gasteiger partial charge on any atom is -0.258 e. The minimum absolute atomic E-state index is 0.0212. The molecule has 0 fully saturated rings. The second-order valence-corrected chi connectivity index (χ2v) is 5.10. The summed E-state index contributed by atoms with van der Waals surface area (Å²) in [4.78, 5) is 9.74. The number of aryl methyl sites for hydroxylation is 1. The van der Waals surface area contributed by atoms with Gasteiger partial charge in [0.15, 0.2) is 4.90 Å². The fraction of sp³-hybridized carbons (Fsp3) is 0.200. The Hall–Kier alpha value is -1.73. The van der Waals surface area contributed by atoms with Crippen LogP contribution >= 0.6 is 0 Å². The minimum atomic E-state index is -3.88. The largest absolute Gasteiger partial charge is 0.289 e. The summed E-state index contributed by atoms with van der Waals surface area (Å²) in [5.41, 5.74) is 0.195. The highest BCUT2D eigenvalue weighted by Crippen LogP contribution is 2.24. The number of sulfonamides is 1. The molecule has 0 aliphatic carbocycles. The maximum atomic E-state index is 11.8. The van der Waals surface area contributed by atoms with Crippen LogP contribution in [-0.4, -0.2) is 19.9 Å². The first kappa shape index (κ1) is 13.3. The average molecular weight is 256 g/mol. The van der Waals surface area contributed by atoms with Crippen molar-refractivity contribution >= 4 is 15.7 Å². The molecule has 0 aliphatic heterocycles. The van der Waals surface area contributed by atoms with Gasteiger partial charge in [0.2, 0.25) is 10.0 Å². The van der Waals surface area contributed by atoms with Crippen LogP contribution in [0.15, 0.2) is 35.7 Å². The number of benzene rings is 1. The van der Waals surface area contributed by atoms with E-state index in [2.05, 4.69) is 11.3 Å². The SMILES string of the molecule is C=CCNS(=O)(=O)c1ccc(C)cc1[N+](=O)[O-]. The van der Waals surface area contributed by atoms with Crippen LogP contribution < -0.4 is 4.72 Å². The predicted octanol–water partition coefficient (Wildman–Crippen LogP) is 1.37. The van der Waals surface area contributed by atoms with Gasteiger partial charge in [-0.2, -0.15) is 0 Å². The number of nitrogens with one attached hydrogen (secondary N) is 1. The lowest BCUT2D eigenvalue weighted by molar-refractivity contribution is -0.387. The molecule has 1 N–H and O–H groups in total. The van der Waals surface area contributed by atoms with Gasteiger partial charge in [-0.3, -0.25) is 10.1 Å². The molecule has 0 heterocycles. The van der Waals surface area contributed by atoms with Crippen molar-refractivity contribution in [1.29, 1.82) is 0 Å². The highest BCUT2D eigenvalue weighted by Gasteiger charge is 2.24. The Labute approximate surface area is 99.2 Å². The summed E-state index contributed by atoms with van der Waals surface area (Å²) in [5, 5.41) is 10.8. The number of nitro groups is 1. The third kappa shape index (κ3) is 3.11. The van der Waals surface area contributed by atoms with Crippen LogP contribution in [-0.2, 0) is 10.0 Å². The lowest BCUT2D eigenvalue weighted by Gasteiger charge is -2.05. The van der Waals surface area contributed by atoms with Crippen LogP contribution in [0, 0.1) is 17.0 Å². The standard InChI is InChI=1S/C10H12N2O4S/c1-3-6-11-17(15,16)10-5-4-8(2)7-9(10)12(13)14/h3-5,7,11H,1,6H2,2H3. The number of rotatable bonds is 5. The number of hydrogen-bond donors (Lipinski definition) is 1. The first-order valence-corrected chi connectivity index (χ1v) is 6.22. The summed E-state index contributed by atoms with van der Waals surface area (Å²) in [7, 11) is -3.88. The fourth-order valence-electron chi connectivity index (χ4n) is 1.24. The quantitative estimate of drug-likeness (QED) is 0.489. The van der Waals surface area contributed by atoms with E-state index in [1.165, 1.54) is 24.3 Å². The Kier molecular flexibility index (Phi) is 3.97. The van der Waals surface area contributed by atoms with Crippen LogP contribution in [0.2, 0.25) is 0 Å². The Morgan fingerprint density at radius 3 is 2.71 bits per heavy atom. The third-order valence-electron chi connectivity index (χ3n) is 2.02. The summed E-state index contributed by atoms with van der Waals surface area (Å²) in [6, 6.07) is 3.96. The summed E-state index contributed by atoms with van der Waals surface area (Å²) >= 11 is 0. The van der Waals surface area contributed by atoms with E-state index in [0.29, 0.717) is 5.56 Å². The van der Waals surface area contributed by atoms with Crippen molar-refractivity contribution in [1.82, 2.24) is 4.72 Å². The molecule has 0 aliphatic rings. The van der Waals surface area contributed by atoms with Crippen molar-refractivity contribution in [3.63, 3.8) is 0 Å². The van der Waals surface area contributed by atoms with Crippen LogP contribution in [0.1, 0.15) is 5.56 Å². The van der Waals surface area contributed by atoms with E-state index in [9.17, 15) is 18.5 Å². The van der Waals surface area contributed by atoms with Crippen LogP contribution in [0.5, 0.6) is 0 Å². The van der Waals surface area contributed by atoms with E-state index in [-0.39, 0.29) is 11.4 Å². The van der Waals surface area contributed by atoms with Crippen molar-refractivity contribution in [2.24, 2.45) is 0 Å². The molecule has 0 atom stereocenters. The van der Waals surface area contributed by atoms with Gasteiger partial charge in [0, 0.05) is 12.6 Å².